The topological polar surface area (TPSA) is 20.3 Å². The quantitative estimate of drug-likeness (QED) is 0.768. The molecule has 2 aromatic rings. The molecule has 2 nitrogen and oxygen atoms in total. The Bertz CT molecular complexity index is 627. The molecule has 0 N–H and O–H groups in total. The van der Waals surface area contributed by atoms with Gasteiger partial charge in [-0.05, 0) is 37.5 Å². The molecule has 2 heteroatoms. The normalized spacial score (nSPS) is 15.3. The van der Waals surface area contributed by atoms with E-state index in [1.807, 2.05) is 35.2 Å². The molecule has 0 atom stereocenters. The number of hydrogen-bond donors (Lipinski definition) is 0. The van der Waals surface area contributed by atoms with Gasteiger partial charge in [-0.15, -0.1) is 0 Å². The summed E-state index contributed by atoms with van der Waals surface area (Å²) in [4.78, 5) is 15.1. The fraction of sp³-hybridized carbons (Fsp3) is 0.381. The number of benzene rings is 2. The highest BCUT2D eigenvalue weighted by Gasteiger charge is 2.26. The fourth-order valence-electron chi connectivity index (χ4n) is 3.35. The van der Waals surface area contributed by atoms with Crippen LogP contribution in [0.25, 0.3) is 0 Å². The lowest BCUT2D eigenvalue weighted by Gasteiger charge is -2.29. The molecular weight excluding hydrogens is 282 g/mol. The lowest BCUT2D eigenvalue weighted by Crippen LogP contribution is -2.36. The molecule has 0 unspecified atom stereocenters. The first-order valence-electron chi connectivity index (χ1n) is 8.66. The van der Waals surface area contributed by atoms with E-state index in [2.05, 4.69) is 31.2 Å². The summed E-state index contributed by atoms with van der Waals surface area (Å²) in [5.41, 5.74) is 3.44. The first kappa shape index (κ1) is 15.8. The van der Waals surface area contributed by atoms with Gasteiger partial charge in [0.25, 0.3) is 0 Å². The van der Waals surface area contributed by atoms with E-state index in [0.29, 0.717) is 6.54 Å². The highest BCUT2D eigenvalue weighted by Crippen LogP contribution is 2.28. The van der Waals surface area contributed by atoms with Crippen molar-refractivity contribution in [3.05, 3.63) is 65.7 Å². The lowest BCUT2D eigenvalue weighted by molar-refractivity contribution is -0.123. The Balaban J connectivity index is 1.84. The van der Waals surface area contributed by atoms with E-state index >= 15 is 0 Å². The average molecular weight is 307 g/mol. The summed E-state index contributed by atoms with van der Waals surface area (Å²) in [7, 11) is 0. The molecule has 0 aromatic heterocycles. The molecule has 1 fully saturated rings. The highest BCUT2D eigenvalue weighted by atomic mass is 16.2. The number of rotatable bonds is 4. The van der Waals surface area contributed by atoms with Crippen LogP contribution in [0.3, 0.4) is 0 Å². The molecule has 120 valence electrons. The molecule has 0 radical (unpaired) electrons. The van der Waals surface area contributed by atoms with E-state index in [1.54, 1.807) is 0 Å². The van der Waals surface area contributed by atoms with E-state index in [9.17, 15) is 4.79 Å². The van der Waals surface area contributed by atoms with Gasteiger partial charge in [0.15, 0.2) is 0 Å². The van der Waals surface area contributed by atoms with Crippen LogP contribution in [0, 0.1) is 12.8 Å². The molecule has 2 aromatic carbocycles. The zero-order valence-electron chi connectivity index (χ0n) is 13.9. The Morgan fingerprint density at radius 1 is 0.957 bits per heavy atom. The molecule has 1 aliphatic carbocycles. The Morgan fingerprint density at radius 3 is 2.26 bits per heavy atom. The van der Waals surface area contributed by atoms with Crippen molar-refractivity contribution in [1.29, 1.82) is 0 Å². The minimum atomic E-state index is 0.189. The molecule has 1 amide bonds. The Labute approximate surface area is 139 Å². The van der Waals surface area contributed by atoms with Gasteiger partial charge in [-0.3, -0.25) is 4.79 Å². The van der Waals surface area contributed by atoms with Crippen LogP contribution < -0.4 is 4.90 Å². The predicted octanol–water partition coefficient (Wildman–Crippen LogP) is 5.11. The Kier molecular flexibility index (Phi) is 5.12. The number of hydrogen-bond acceptors (Lipinski definition) is 1. The van der Waals surface area contributed by atoms with Crippen molar-refractivity contribution >= 4 is 11.6 Å². The van der Waals surface area contributed by atoms with E-state index in [4.69, 9.17) is 0 Å². The summed E-state index contributed by atoms with van der Waals surface area (Å²) in [6, 6.07) is 18.6. The molecule has 1 saturated carbocycles. The van der Waals surface area contributed by atoms with Gasteiger partial charge in [0.05, 0.1) is 6.54 Å². The maximum atomic E-state index is 13.1. The maximum absolute atomic E-state index is 13.1. The van der Waals surface area contributed by atoms with Crippen LogP contribution in [0.2, 0.25) is 0 Å². The third-order valence-corrected chi connectivity index (χ3v) is 4.75. The van der Waals surface area contributed by atoms with Crippen molar-refractivity contribution in [3.63, 3.8) is 0 Å². The van der Waals surface area contributed by atoms with Crippen LogP contribution in [0.1, 0.15) is 43.2 Å². The van der Waals surface area contributed by atoms with Crippen molar-refractivity contribution in [1.82, 2.24) is 0 Å². The number of carbonyl (C=O) groups excluding carboxylic acids is 1. The SMILES string of the molecule is Cc1ccc(CN(C(=O)C2CCCCC2)c2ccccc2)cc1. The second-order valence-corrected chi connectivity index (χ2v) is 6.58. The zero-order valence-corrected chi connectivity index (χ0v) is 13.9. The molecule has 23 heavy (non-hydrogen) atoms. The average Bonchev–Trinajstić information content (AvgIpc) is 2.62. The molecule has 0 saturated heterocycles. The summed E-state index contributed by atoms with van der Waals surface area (Å²) >= 11 is 0. The maximum Gasteiger partial charge on any atom is 0.230 e. The minimum absolute atomic E-state index is 0.189. The zero-order chi connectivity index (χ0) is 16.1. The molecule has 0 spiro atoms. The van der Waals surface area contributed by atoms with Crippen molar-refractivity contribution in [2.24, 2.45) is 5.92 Å². The molecule has 0 heterocycles. The van der Waals surface area contributed by atoms with Gasteiger partial charge in [-0.2, -0.15) is 0 Å². The van der Waals surface area contributed by atoms with Crippen LogP contribution in [0.5, 0.6) is 0 Å². The monoisotopic (exact) mass is 307 g/mol. The van der Waals surface area contributed by atoms with Crippen molar-refractivity contribution in [2.75, 3.05) is 4.90 Å². The number of carbonyl (C=O) groups is 1. The van der Waals surface area contributed by atoms with Gasteiger partial charge >= 0.3 is 0 Å². The fourth-order valence-corrected chi connectivity index (χ4v) is 3.35. The van der Waals surface area contributed by atoms with Crippen molar-refractivity contribution < 1.29 is 4.79 Å². The van der Waals surface area contributed by atoms with E-state index in [0.717, 1.165) is 18.5 Å². The summed E-state index contributed by atoms with van der Waals surface area (Å²) in [6.45, 7) is 2.74. The third kappa shape index (κ3) is 4.01. The molecule has 3 rings (SSSR count). The minimum Gasteiger partial charge on any atom is -0.308 e. The largest absolute Gasteiger partial charge is 0.308 e. The van der Waals surface area contributed by atoms with E-state index < -0.39 is 0 Å². The standard InChI is InChI=1S/C21H25NO/c1-17-12-14-18(15-13-17)16-22(20-10-6-3-7-11-20)21(23)19-8-4-2-5-9-19/h3,6-7,10-15,19H,2,4-5,8-9,16H2,1H3. The van der Waals surface area contributed by atoms with Gasteiger partial charge in [0.2, 0.25) is 5.91 Å². The Morgan fingerprint density at radius 2 is 1.61 bits per heavy atom. The van der Waals surface area contributed by atoms with Crippen LogP contribution in [-0.4, -0.2) is 5.91 Å². The summed E-state index contributed by atoms with van der Waals surface area (Å²) < 4.78 is 0. The first-order chi connectivity index (χ1) is 11.2. The van der Waals surface area contributed by atoms with E-state index in [1.165, 1.54) is 30.4 Å². The van der Waals surface area contributed by atoms with Gasteiger partial charge in [0.1, 0.15) is 0 Å². The number of aryl methyl sites for hydroxylation is 1. The van der Waals surface area contributed by atoms with Crippen LogP contribution in [-0.2, 0) is 11.3 Å². The van der Waals surface area contributed by atoms with Gasteiger partial charge in [0, 0.05) is 11.6 Å². The number of amides is 1. The summed E-state index contributed by atoms with van der Waals surface area (Å²) in [5.74, 6) is 0.478. The lowest BCUT2D eigenvalue weighted by atomic mass is 9.88. The third-order valence-electron chi connectivity index (χ3n) is 4.75. The molecule has 1 aliphatic rings. The second kappa shape index (κ2) is 7.45. The molecule has 0 bridgehead atoms. The van der Waals surface area contributed by atoms with Crippen molar-refractivity contribution in [2.45, 2.75) is 45.6 Å². The van der Waals surface area contributed by atoms with E-state index in [-0.39, 0.29) is 11.8 Å². The van der Waals surface area contributed by atoms with Gasteiger partial charge in [-0.1, -0.05) is 67.3 Å². The van der Waals surface area contributed by atoms with Gasteiger partial charge < -0.3 is 4.90 Å². The number of anilines is 1. The highest BCUT2D eigenvalue weighted by molar-refractivity contribution is 5.95. The number of para-hydroxylation sites is 1. The van der Waals surface area contributed by atoms with Gasteiger partial charge in [-0.25, -0.2) is 0 Å². The van der Waals surface area contributed by atoms with Crippen LogP contribution in [0.4, 0.5) is 5.69 Å². The number of nitrogens with zero attached hydrogens (tertiary/aromatic N) is 1. The van der Waals surface area contributed by atoms with Crippen LogP contribution in [0.15, 0.2) is 54.6 Å². The summed E-state index contributed by atoms with van der Waals surface area (Å²) in [6.07, 6.45) is 5.71. The smallest absolute Gasteiger partial charge is 0.230 e. The molecular formula is C21H25NO. The Hall–Kier alpha value is -2.09. The predicted molar refractivity (Wildman–Crippen MR) is 95.4 cm³/mol. The molecule has 0 aliphatic heterocycles. The summed E-state index contributed by atoms with van der Waals surface area (Å²) in [5, 5.41) is 0. The second-order valence-electron chi connectivity index (χ2n) is 6.58. The van der Waals surface area contributed by atoms with Crippen molar-refractivity contribution in [3.8, 4) is 0 Å². The first-order valence-corrected chi connectivity index (χ1v) is 8.66. The van der Waals surface area contributed by atoms with Crippen LogP contribution >= 0.6 is 0 Å².